The summed E-state index contributed by atoms with van der Waals surface area (Å²) in [6.07, 6.45) is -1.80. The average molecular weight is 563 g/mol. The molecule has 1 amide bonds. The number of amides is 1. The third-order valence-electron chi connectivity index (χ3n) is 7.37. The molecule has 2 aromatic heterocycles. The molecule has 5 rings (SSSR count). The Morgan fingerprint density at radius 3 is 2.54 bits per heavy atom. The number of thiophene rings is 1. The molecular formula is C26H29F3N6O3S. The molecule has 1 aromatic carbocycles. The number of carboxylic acids is 1. The van der Waals surface area contributed by atoms with Crippen LogP contribution < -0.4 is 15.5 Å². The van der Waals surface area contributed by atoms with E-state index in [-0.39, 0.29) is 23.4 Å². The van der Waals surface area contributed by atoms with Crippen molar-refractivity contribution in [2.24, 2.45) is 11.1 Å². The fraction of sp³-hybridized carbons (Fsp3) is 0.462. The molecule has 3 aromatic rings. The van der Waals surface area contributed by atoms with Gasteiger partial charge in [0.2, 0.25) is 5.91 Å². The van der Waals surface area contributed by atoms with Gasteiger partial charge in [0, 0.05) is 42.2 Å². The lowest BCUT2D eigenvalue weighted by molar-refractivity contribution is -0.135. The standard InChI is InChI=1S/C26H29F3N6O3S/c27-26(28,29)10-19-9-20-23(31-16-32-24(20)39-19)34-8-6-25(15-34)5-7-33(14-25)11-17-1-3-18(4-2-17)35(12-21(30)36)13-22(37)38/h1-4,9,16H,5-8,10-15H2,(H2,30,36)(H,37,38). The molecule has 39 heavy (non-hydrogen) atoms. The maximum atomic E-state index is 12.9. The van der Waals surface area contributed by atoms with Crippen LogP contribution >= 0.6 is 11.3 Å². The number of carboxylic acid groups (broad SMARTS) is 1. The van der Waals surface area contributed by atoms with Gasteiger partial charge in [0.1, 0.15) is 23.5 Å². The van der Waals surface area contributed by atoms with Crippen LogP contribution in [0.2, 0.25) is 0 Å². The largest absolute Gasteiger partial charge is 0.480 e. The van der Waals surface area contributed by atoms with Crippen LogP contribution in [0.3, 0.4) is 0 Å². The summed E-state index contributed by atoms with van der Waals surface area (Å²) in [6, 6.07) is 9.06. The molecular weight excluding hydrogens is 533 g/mol. The third-order valence-corrected chi connectivity index (χ3v) is 8.41. The first-order valence-corrected chi connectivity index (χ1v) is 13.4. The molecule has 2 aliphatic heterocycles. The van der Waals surface area contributed by atoms with Crippen LogP contribution in [0, 0.1) is 5.41 Å². The van der Waals surface area contributed by atoms with Crippen molar-refractivity contribution in [3.63, 3.8) is 0 Å². The minimum atomic E-state index is -4.26. The number of hydrogen-bond donors (Lipinski definition) is 2. The van der Waals surface area contributed by atoms with E-state index in [0.717, 1.165) is 62.5 Å². The lowest BCUT2D eigenvalue weighted by Gasteiger charge is -2.25. The van der Waals surface area contributed by atoms with E-state index in [2.05, 4.69) is 19.8 Å². The summed E-state index contributed by atoms with van der Waals surface area (Å²) in [4.78, 5) is 38.0. The van der Waals surface area contributed by atoms with E-state index in [0.29, 0.717) is 21.7 Å². The highest BCUT2D eigenvalue weighted by molar-refractivity contribution is 7.18. The Kier molecular flexibility index (Phi) is 7.38. The van der Waals surface area contributed by atoms with Gasteiger partial charge in [0.25, 0.3) is 0 Å². The van der Waals surface area contributed by atoms with Crippen molar-refractivity contribution >= 4 is 44.9 Å². The molecule has 0 saturated carbocycles. The van der Waals surface area contributed by atoms with Crippen LogP contribution in [0.1, 0.15) is 23.3 Å². The van der Waals surface area contributed by atoms with E-state index in [1.807, 2.05) is 12.1 Å². The SMILES string of the molecule is NC(=O)CN(CC(=O)O)c1ccc(CN2CCC3(CCN(c4ncnc5sc(CC(F)(F)F)cc45)C3)C2)cc1. The first-order chi connectivity index (χ1) is 18.5. The number of aromatic nitrogens is 2. The number of likely N-dealkylation sites (tertiary alicyclic amines) is 1. The van der Waals surface area contributed by atoms with Crippen molar-refractivity contribution in [1.82, 2.24) is 14.9 Å². The van der Waals surface area contributed by atoms with Crippen molar-refractivity contribution < 1.29 is 27.9 Å². The Morgan fingerprint density at radius 1 is 1.10 bits per heavy atom. The number of aliphatic carboxylic acids is 1. The molecule has 0 aliphatic carbocycles. The van der Waals surface area contributed by atoms with Gasteiger partial charge < -0.3 is 20.6 Å². The maximum absolute atomic E-state index is 12.9. The molecule has 1 spiro atoms. The highest BCUT2D eigenvalue weighted by Crippen LogP contribution is 2.43. The zero-order chi connectivity index (χ0) is 27.8. The number of fused-ring (bicyclic) bond motifs is 1. The number of carbonyl (C=O) groups excluding carboxylic acids is 1. The zero-order valence-corrected chi connectivity index (χ0v) is 22.0. The molecule has 2 aliphatic rings. The number of nitrogens with two attached hydrogens (primary N) is 1. The Bertz CT molecular complexity index is 1350. The molecule has 3 N–H and O–H groups in total. The number of benzene rings is 1. The monoisotopic (exact) mass is 562 g/mol. The molecule has 2 fully saturated rings. The predicted octanol–water partition coefficient (Wildman–Crippen LogP) is 3.27. The van der Waals surface area contributed by atoms with Crippen molar-refractivity contribution in [3.8, 4) is 0 Å². The molecule has 0 bridgehead atoms. The lowest BCUT2D eigenvalue weighted by atomic mass is 9.86. The zero-order valence-electron chi connectivity index (χ0n) is 21.2. The van der Waals surface area contributed by atoms with Gasteiger partial charge in [-0.1, -0.05) is 12.1 Å². The van der Waals surface area contributed by atoms with Crippen LogP contribution in [0.5, 0.6) is 0 Å². The quantitative estimate of drug-likeness (QED) is 0.408. The molecule has 208 valence electrons. The molecule has 4 heterocycles. The van der Waals surface area contributed by atoms with E-state index < -0.39 is 24.5 Å². The van der Waals surface area contributed by atoms with E-state index in [1.54, 1.807) is 18.2 Å². The summed E-state index contributed by atoms with van der Waals surface area (Å²) < 4.78 is 38.8. The maximum Gasteiger partial charge on any atom is 0.393 e. The van der Waals surface area contributed by atoms with Crippen molar-refractivity contribution in [2.45, 2.75) is 32.0 Å². The van der Waals surface area contributed by atoms with E-state index in [1.165, 1.54) is 11.2 Å². The van der Waals surface area contributed by atoms with Crippen molar-refractivity contribution in [3.05, 3.63) is 47.1 Å². The Hall–Kier alpha value is -3.45. The minimum Gasteiger partial charge on any atom is -0.480 e. The lowest BCUT2D eigenvalue weighted by Crippen LogP contribution is -2.37. The van der Waals surface area contributed by atoms with Gasteiger partial charge in [-0.25, -0.2) is 9.97 Å². The molecule has 1 unspecified atom stereocenters. The highest BCUT2D eigenvalue weighted by Gasteiger charge is 2.44. The topological polar surface area (TPSA) is 116 Å². The Morgan fingerprint density at radius 2 is 1.85 bits per heavy atom. The van der Waals surface area contributed by atoms with Crippen LogP contribution in [-0.2, 0) is 22.6 Å². The van der Waals surface area contributed by atoms with Crippen LogP contribution in [0.4, 0.5) is 24.7 Å². The molecule has 0 radical (unpaired) electrons. The van der Waals surface area contributed by atoms with Gasteiger partial charge in [0.15, 0.2) is 0 Å². The van der Waals surface area contributed by atoms with E-state index in [9.17, 15) is 22.8 Å². The summed E-state index contributed by atoms with van der Waals surface area (Å²) in [5.74, 6) is -0.939. The fourth-order valence-electron chi connectivity index (χ4n) is 5.70. The first kappa shape index (κ1) is 27.1. The summed E-state index contributed by atoms with van der Waals surface area (Å²) in [6.45, 7) is 3.64. The Labute approximate surface area is 227 Å². The molecule has 9 nitrogen and oxygen atoms in total. The second-order valence-electron chi connectivity index (χ2n) is 10.4. The van der Waals surface area contributed by atoms with Crippen LogP contribution in [-0.4, -0.2) is 77.3 Å². The number of halogens is 3. The van der Waals surface area contributed by atoms with E-state index in [4.69, 9.17) is 10.8 Å². The van der Waals surface area contributed by atoms with Crippen molar-refractivity contribution in [1.29, 1.82) is 0 Å². The molecule has 2 saturated heterocycles. The first-order valence-electron chi connectivity index (χ1n) is 12.6. The highest BCUT2D eigenvalue weighted by atomic mass is 32.1. The molecule has 1 atom stereocenters. The number of anilines is 2. The summed E-state index contributed by atoms with van der Waals surface area (Å²) in [7, 11) is 0. The number of primary amides is 1. The number of alkyl halides is 3. The van der Waals surface area contributed by atoms with Gasteiger partial charge in [-0.05, 0) is 43.1 Å². The fourth-order valence-corrected chi connectivity index (χ4v) is 6.72. The molecule has 13 heteroatoms. The summed E-state index contributed by atoms with van der Waals surface area (Å²) in [5.41, 5.74) is 7.05. The summed E-state index contributed by atoms with van der Waals surface area (Å²) >= 11 is 1.07. The Balaban J connectivity index is 1.23. The van der Waals surface area contributed by atoms with Gasteiger partial charge in [-0.2, -0.15) is 13.2 Å². The number of carbonyl (C=O) groups is 2. The van der Waals surface area contributed by atoms with Gasteiger partial charge >= 0.3 is 12.1 Å². The van der Waals surface area contributed by atoms with Crippen LogP contribution in [0.15, 0.2) is 36.7 Å². The normalized spacial score (nSPS) is 19.8. The van der Waals surface area contributed by atoms with E-state index >= 15 is 0 Å². The van der Waals surface area contributed by atoms with Gasteiger partial charge in [-0.3, -0.25) is 14.5 Å². The average Bonchev–Trinajstić information content (AvgIpc) is 3.56. The number of rotatable bonds is 9. The third kappa shape index (κ3) is 6.41. The summed E-state index contributed by atoms with van der Waals surface area (Å²) in [5, 5.41) is 9.82. The van der Waals surface area contributed by atoms with Gasteiger partial charge in [-0.15, -0.1) is 11.3 Å². The van der Waals surface area contributed by atoms with Crippen molar-refractivity contribution in [2.75, 3.05) is 49.1 Å². The van der Waals surface area contributed by atoms with Crippen LogP contribution in [0.25, 0.3) is 10.2 Å². The number of nitrogens with zero attached hydrogens (tertiary/aromatic N) is 5. The predicted molar refractivity (Wildman–Crippen MR) is 142 cm³/mol. The smallest absolute Gasteiger partial charge is 0.393 e. The second-order valence-corrected chi connectivity index (χ2v) is 11.6. The minimum absolute atomic E-state index is 0.0851. The van der Waals surface area contributed by atoms with Gasteiger partial charge in [0.05, 0.1) is 18.4 Å². The number of hydrogen-bond acceptors (Lipinski definition) is 8. The second kappa shape index (κ2) is 10.6.